The van der Waals surface area contributed by atoms with Gasteiger partial charge in [-0.05, 0) is 65.5 Å². The van der Waals surface area contributed by atoms with Gasteiger partial charge in [0, 0.05) is 20.1 Å². The van der Waals surface area contributed by atoms with Crippen molar-refractivity contribution in [1.29, 1.82) is 0 Å². The third kappa shape index (κ3) is 5.43. The number of hydrogen-bond acceptors (Lipinski definition) is 4. The second kappa shape index (κ2) is 10.9. The molecule has 2 atom stereocenters. The highest BCUT2D eigenvalue weighted by molar-refractivity contribution is 7.89. The molecule has 1 saturated carbocycles. The zero-order valence-electron chi connectivity index (χ0n) is 21.9. The lowest BCUT2D eigenvalue weighted by molar-refractivity contribution is 0.0802. The van der Waals surface area contributed by atoms with Crippen molar-refractivity contribution in [1.82, 2.24) is 4.31 Å². The highest BCUT2D eigenvalue weighted by Gasteiger charge is 2.53. The zero-order valence-corrected chi connectivity index (χ0v) is 22.7. The first-order chi connectivity index (χ1) is 17.3. The topological polar surface area (TPSA) is 62.1 Å². The van der Waals surface area contributed by atoms with E-state index < -0.39 is 38.3 Å². The average molecular weight is 534 g/mol. The van der Waals surface area contributed by atoms with Crippen LogP contribution in [0.5, 0.6) is 0 Å². The minimum absolute atomic E-state index is 0.0322. The normalized spacial score (nSPS) is 22.2. The second-order valence-corrected chi connectivity index (χ2v) is 12.1. The molecule has 0 heterocycles. The maximum atomic E-state index is 14.5. The van der Waals surface area contributed by atoms with Crippen molar-refractivity contribution < 1.29 is 21.6 Å². The van der Waals surface area contributed by atoms with E-state index in [1.807, 2.05) is 20.8 Å². The molecule has 0 aromatic heterocycles. The summed E-state index contributed by atoms with van der Waals surface area (Å²) in [6, 6.07) is 8.97. The summed E-state index contributed by atoms with van der Waals surface area (Å²) in [6.07, 6.45) is 2.92. The molecule has 5 nitrogen and oxygen atoms in total. The average Bonchev–Trinajstić information content (AvgIpc) is 3.06. The molecule has 0 aliphatic heterocycles. The van der Waals surface area contributed by atoms with Crippen LogP contribution in [0.15, 0.2) is 75.8 Å². The van der Waals surface area contributed by atoms with Crippen LogP contribution in [-0.2, 0) is 10.0 Å². The summed E-state index contributed by atoms with van der Waals surface area (Å²) in [5.41, 5.74) is -0.566. The van der Waals surface area contributed by atoms with E-state index in [4.69, 9.17) is 0 Å². The van der Waals surface area contributed by atoms with Gasteiger partial charge < -0.3 is 0 Å². The molecule has 3 rings (SSSR count). The lowest BCUT2D eigenvalue weighted by atomic mass is 9.64. The van der Waals surface area contributed by atoms with Gasteiger partial charge in [0.05, 0.1) is 11.3 Å². The van der Waals surface area contributed by atoms with E-state index >= 15 is 0 Å². The van der Waals surface area contributed by atoms with Gasteiger partial charge in [-0.25, -0.2) is 21.6 Å². The molecule has 2 unspecified atom stereocenters. The number of rotatable bonds is 9. The first-order valence-corrected chi connectivity index (χ1v) is 13.6. The molecule has 0 amide bonds. The van der Waals surface area contributed by atoms with Gasteiger partial charge in [0.1, 0.15) is 22.3 Å². The second-order valence-electron chi connectivity index (χ2n) is 10.2. The molecule has 2 aromatic carbocycles. The van der Waals surface area contributed by atoms with Gasteiger partial charge in [-0.15, -0.1) is 0 Å². The smallest absolute Gasteiger partial charge is 0.207 e. The maximum absolute atomic E-state index is 14.5. The van der Waals surface area contributed by atoms with Crippen molar-refractivity contribution in [2.24, 2.45) is 27.0 Å². The molecule has 1 aliphatic rings. The Balaban J connectivity index is 1.94. The SMILES string of the molecule is C=C(/C=C(\N=NC)c1c(F)cccc1F)C1CCC(C)(CN(CC)S(=O)(=O)c2ccccc2F)C1(C)C. The monoisotopic (exact) mass is 533 g/mol. The van der Waals surface area contributed by atoms with Crippen LogP contribution in [0.4, 0.5) is 13.2 Å². The molecule has 0 spiro atoms. The van der Waals surface area contributed by atoms with E-state index in [9.17, 15) is 21.6 Å². The molecule has 1 fully saturated rings. The Labute approximate surface area is 217 Å². The lowest BCUT2D eigenvalue weighted by Gasteiger charge is -2.44. The molecule has 37 heavy (non-hydrogen) atoms. The van der Waals surface area contributed by atoms with Crippen molar-refractivity contribution in [3.8, 4) is 0 Å². The van der Waals surface area contributed by atoms with E-state index in [1.54, 1.807) is 13.0 Å². The standard InChI is InChI=1S/C28H34F3N3O2S/c1-7-34(37(35,36)25-14-9-8-11-21(25)29)18-28(5)16-15-20(27(28,3)4)19(2)17-24(33-32-6)26-22(30)12-10-13-23(26)31/h8-14,17,20H,2,7,15-16,18H2,1,3-6H3/b24-17-,33-32?. The minimum Gasteiger partial charge on any atom is -0.207 e. The van der Waals surface area contributed by atoms with Gasteiger partial charge in [0.2, 0.25) is 10.0 Å². The highest BCUT2D eigenvalue weighted by atomic mass is 32.2. The van der Waals surface area contributed by atoms with Crippen LogP contribution >= 0.6 is 0 Å². The molecule has 0 N–H and O–H groups in total. The minimum atomic E-state index is -4.05. The Hall–Kier alpha value is -2.78. The van der Waals surface area contributed by atoms with E-state index in [0.29, 0.717) is 18.4 Å². The van der Waals surface area contributed by atoms with Gasteiger partial charge in [-0.2, -0.15) is 14.5 Å². The van der Waals surface area contributed by atoms with Crippen molar-refractivity contribution >= 4 is 15.7 Å². The summed E-state index contributed by atoms with van der Waals surface area (Å²) in [7, 11) is -2.64. The Morgan fingerprint density at radius 1 is 1.08 bits per heavy atom. The number of hydrogen-bond donors (Lipinski definition) is 0. The van der Waals surface area contributed by atoms with Gasteiger partial charge in [-0.3, -0.25) is 0 Å². The molecule has 0 radical (unpaired) electrons. The summed E-state index contributed by atoms with van der Waals surface area (Å²) in [6.45, 7) is 12.4. The Morgan fingerprint density at radius 3 is 2.24 bits per heavy atom. The van der Waals surface area contributed by atoms with Crippen molar-refractivity contribution in [2.75, 3.05) is 20.1 Å². The molecular formula is C28H34F3N3O2S. The quantitative estimate of drug-likeness (QED) is 0.252. The summed E-state index contributed by atoms with van der Waals surface area (Å²) < 4.78 is 71.4. The van der Waals surface area contributed by atoms with Gasteiger partial charge in [0.15, 0.2) is 0 Å². The Morgan fingerprint density at radius 2 is 1.68 bits per heavy atom. The molecule has 0 bridgehead atoms. The molecule has 200 valence electrons. The summed E-state index contributed by atoms with van der Waals surface area (Å²) in [5.74, 6) is -2.41. The van der Waals surface area contributed by atoms with Crippen LogP contribution in [-0.4, -0.2) is 32.9 Å². The molecule has 1 aliphatic carbocycles. The fourth-order valence-corrected chi connectivity index (χ4v) is 6.96. The summed E-state index contributed by atoms with van der Waals surface area (Å²) in [4.78, 5) is -0.346. The summed E-state index contributed by atoms with van der Waals surface area (Å²) >= 11 is 0. The Bertz CT molecular complexity index is 1320. The van der Waals surface area contributed by atoms with Crippen LogP contribution in [0.3, 0.4) is 0 Å². The van der Waals surface area contributed by atoms with Crippen LogP contribution < -0.4 is 0 Å². The predicted molar refractivity (Wildman–Crippen MR) is 140 cm³/mol. The maximum Gasteiger partial charge on any atom is 0.245 e. The molecular weight excluding hydrogens is 499 g/mol. The lowest BCUT2D eigenvalue weighted by Crippen LogP contribution is -2.46. The Kier molecular flexibility index (Phi) is 8.49. The number of allylic oxidation sites excluding steroid dienone is 2. The fraction of sp³-hybridized carbons (Fsp3) is 0.429. The van der Waals surface area contributed by atoms with Gasteiger partial charge in [0.25, 0.3) is 0 Å². The third-order valence-electron chi connectivity index (χ3n) is 7.94. The molecule has 2 aromatic rings. The fourth-order valence-electron chi connectivity index (χ4n) is 5.32. The van der Waals surface area contributed by atoms with Gasteiger partial charge in [-0.1, -0.05) is 52.5 Å². The number of sulfonamides is 1. The predicted octanol–water partition coefficient (Wildman–Crippen LogP) is 7.24. The van der Waals surface area contributed by atoms with Crippen LogP contribution in [0, 0.1) is 34.2 Å². The zero-order chi connectivity index (χ0) is 27.6. The number of halogens is 3. The first kappa shape index (κ1) is 28.8. The summed E-state index contributed by atoms with van der Waals surface area (Å²) in [5, 5.41) is 7.70. The highest BCUT2D eigenvalue weighted by Crippen LogP contribution is 2.58. The van der Waals surface area contributed by atoms with Crippen LogP contribution in [0.1, 0.15) is 46.1 Å². The number of benzene rings is 2. The van der Waals surface area contributed by atoms with E-state index in [2.05, 4.69) is 16.8 Å². The van der Waals surface area contributed by atoms with Gasteiger partial charge >= 0.3 is 0 Å². The van der Waals surface area contributed by atoms with E-state index in [1.165, 1.54) is 35.6 Å². The van der Waals surface area contributed by atoms with E-state index in [0.717, 1.165) is 18.2 Å². The molecule has 9 heteroatoms. The van der Waals surface area contributed by atoms with Crippen molar-refractivity contribution in [3.05, 3.63) is 83.7 Å². The van der Waals surface area contributed by atoms with Crippen LogP contribution in [0.2, 0.25) is 0 Å². The van der Waals surface area contributed by atoms with Crippen molar-refractivity contribution in [2.45, 2.75) is 45.4 Å². The number of azo groups is 1. The largest absolute Gasteiger partial charge is 0.245 e. The van der Waals surface area contributed by atoms with Crippen molar-refractivity contribution in [3.63, 3.8) is 0 Å². The first-order valence-electron chi connectivity index (χ1n) is 12.2. The third-order valence-corrected chi connectivity index (χ3v) is 9.89. The van der Waals surface area contributed by atoms with E-state index in [-0.39, 0.29) is 35.2 Å². The number of nitrogens with zero attached hydrogens (tertiary/aromatic N) is 3. The van der Waals surface area contributed by atoms with Crippen LogP contribution in [0.25, 0.3) is 5.70 Å². The molecule has 0 saturated heterocycles.